The summed E-state index contributed by atoms with van der Waals surface area (Å²) < 4.78 is 17.8. The third kappa shape index (κ3) is 5.30. The van der Waals surface area contributed by atoms with Crippen LogP contribution < -0.4 is 0 Å². The van der Waals surface area contributed by atoms with Gasteiger partial charge in [0.1, 0.15) is 5.82 Å². The summed E-state index contributed by atoms with van der Waals surface area (Å²) in [5.74, 6) is -0.713. The lowest BCUT2D eigenvalue weighted by atomic mass is 10.3. The van der Waals surface area contributed by atoms with Gasteiger partial charge in [-0.25, -0.2) is 4.39 Å². The second-order valence-electron chi connectivity index (χ2n) is 3.86. The Morgan fingerprint density at radius 1 is 1.37 bits per heavy atom. The lowest BCUT2D eigenvalue weighted by Gasteiger charge is -2.16. The normalized spacial score (nSPS) is 10.1. The van der Waals surface area contributed by atoms with Crippen molar-refractivity contribution in [1.29, 1.82) is 0 Å². The van der Waals surface area contributed by atoms with Crippen LogP contribution in [0.3, 0.4) is 0 Å². The molecule has 0 radical (unpaired) electrons. The van der Waals surface area contributed by atoms with Crippen molar-refractivity contribution < 1.29 is 18.7 Å². The highest BCUT2D eigenvalue weighted by Gasteiger charge is 2.12. The van der Waals surface area contributed by atoms with Gasteiger partial charge in [-0.3, -0.25) is 9.59 Å². The minimum Gasteiger partial charge on any atom is -0.469 e. The van der Waals surface area contributed by atoms with Crippen LogP contribution in [0.15, 0.2) is 29.2 Å². The van der Waals surface area contributed by atoms with E-state index in [9.17, 15) is 14.0 Å². The summed E-state index contributed by atoms with van der Waals surface area (Å²) in [6.45, 7) is 0.295. The second kappa shape index (κ2) is 7.78. The molecule has 1 aromatic rings. The molecule has 0 aliphatic rings. The van der Waals surface area contributed by atoms with Gasteiger partial charge in [-0.2, -0.15) is 0 Å². The van der Waals surface area contributed by atoms with Gasteiger partial charge in [0.25, 0.3) is 0 Å². The van der Waals surface area contributed by atoms with Crippen LogP contribution in [-0.4, -0.2) is 43.2 Å². The van der Waals surface area contributed by atoms with E-state index < -0.39 is 0 Å². The van der Waals surface area contributed by atoms with E-state index in [4.69, 9.17) is 0 Å². The molecular formula is C13H16FNO3S. The molecule has 0 heterocycles. The molecule has 1 aromatic carbocycles. The predicted molar refractivity (Wildman–Crippen MR) is 71.4 cm³/mol. The summed E-state index contributed by atoms with van der Waals surface area (Å²) in [5, 5.41) is 0. The number of carbonyl (C=O) groups is 2. The van der Waals surface area contributed by atoms with E-state index in [0.29, 0.717) is 11.4 Å². The SMILES string of the molecule is COC(=O)CCN(C)C(=O)CSc1ccccc1F. The van der Waals surface area contributed by atoms with E-state index in [1.807, 2.05) is 0 Å². The molecule has 0 saturated heterocycles. The topological polar surface area (TPSA) is 46.6 Å². The maximum atomic E-state index is 13.3. The summed E-state index contributed by atoms with van der Waals surface area (Å²) in [5.41, 5.74) is 0. The lowest BCUT2D eigenvalue weighted by molar-refractivity contribution is -0.141. The fourth-order valence-electron chi connectivity index (χ4n) is 1.30. The predicted octanol–water partition coefficient (Wildman–Crippen LogP) is 1.94. The number of hydrogen-bond donors (Lipinski definition) is 0. The van der Waals surface area contributed by atoms with Gasteiger partial charge in [-0.05, 0) is 12.1 Å². The van der Waals surface area contributed by atoms with Crippen LogP contribution in [0.25, 0.3) is 0 Å². The Labute approximate surface area is 115 Å². The van der Waals surface area contributed by atoms with Gasteiger partial charge in [0.05, 0.1) is 19.3 Å². The van der Waals surface area contributed by atoms with Gasteiger partial charge in [0.15, 0.2) is 0 Å². The van der Waals surface area contributed by atoms with E-state index in [-0.39, 0.29) is 29.9 Å². The van der Waals surface area contributed by atoms with E-state index >= 15 is 0 Å². The van der Waals surface area contributed by atoms with E-state index in [0.717, 1.165) is 11.8 Å². The highest BCUT2D eigenvalue weighted by Crippen LogP contribution is 2.21. The van der Waals surface area contributed by atoms with Gasteiger partial charge in [0.2, 0.25) is 5.91 Å². The number of thioether (sulfide) groups is 1. The average Bonchev–Trinajstić information content (AvgIpc) is 2.43. The Morgan fingerprint density at radius 2 is 2.05 bits per heavy atom. The zero-order chi connectivity index (χ0) is 14.3. The molecule has 0 aliphatic heterocycles. The molecule has 0 aromatic heterocycles. The molecule has 0 spiro atoms. The molecule has 6 heteroatoms. The molecule has 0 bridgehead atoms. The second-order valence-corrected chi connectivity index (χ2v) is 4.88. The number of halogens is 1. The average molecular weight is 285 g/mol. The Morgan fingerprint density at radius 3 is 2.68 bits per heavy atom. The Balaban J connectivity index is 2.38. The largest absolute Gasteiger partial charge is 0.469 e. The third-order valence-electron chi connectivity index (χ3n) is 2.49. The monoisotopic (exact) mass is 285 g/mol. The van der Waals surface area contributed by atoms with Gasteiger partial charge >= 0.3 is 5.97 Å². The Bertz CT molecular complexity index is 453. The Kier molecular flexibility index (Phi) is 6.35. The van der Waals surface area contributed by atoms with Gasteiger partial charge in [-0.15, -0.1) is 11.8 Å². The van der Waals surface area contributed by atoms with E-state index in [2.05, 4.69) is 4.74 Å². The van der Waals surface area contributed by atoms with Crippen LogP contribution in [0.2, 0.25) is 0 Å². The zero-order valence-electron chi connectivity index (χ0n) is 10.9. The van der Waals surface area contributed by atoms with Crippen molar-refractivity contribution in [3.05, 3.63) is 30.1 Å². The number of nitrogens with zero attached hydrogens (tertiary/aromatic N) is 1. The lowest BCUT2D eigenvalue weighted by Crippen LogP contribution is -2.30. The van der Waals surface area contributed by atoms with Crippen LogP contribution in [0.1, 0.15) is 6.42 Å². The number of methoxy groups -OCH3 is 1. The maximum Gasteiger partial charge on any atom is 0.307 e. The summed E-state index contributed by atoms with van der Waals surface area (Å²) in [6, 6.07) is 6.30. The minimum atomic E-state index is -0.360. The summed E-state index contributed by atoms with van der Waals surface area (Å²) in [7, 11) is 2.91. The van der Waals surface area contributed by atoms with Crippen molar-refractivity contribution in [3.8, 4) is 0 Å². The number of carbonyl (C=O) groups excluding carboxylic acids is 2. The number of benzene rings is 1. The van der Waals surface area contributed by atoms with Crippen LogP contribution in [0, 0.1) is 5.82 Å². The number of rotatable bonds is 6. The molecule has 0 fully saturated rings. The molecule has 0 aliphatic carbocycles. The molecule has 1 amide bonds. The van der Waals surface area contributed by atoms with Crippen molar-refractivity contribution >= 4 is 23.6 Å². The summed E-state index contributed by atoms with van der Waals surface area (Å²) in [6.07, 6.45) is 0.156. The van der Waals surface area contributed by atoms with Crippen molar-refractivity contribution in [3.63, 3.8) is 0 Å². The van der Waals surface area contributed by atoms with Gasteiger partial charge < -0.3 is 9.64 Å². The number of amides is 1. The highest BCUT2D eigenvalue weighted by atomic mass is 32.2. The number of ether oxygens (including phenoxy) is 1. The first-order valence-electron chi connectivity index (χ1n) is 5.72. The maximum absolute atomic E-state index is 13.3. The van der Waals surface area contributed by atoms with E-state index in [1.165, 1.54) is 18.1 Å². The molecule has 0 saturated carbocycles. The van der Waals surface area contributed by atoms with Crippen molar-refractivity contribution in [2.75, 3.05) is 26.5 Å². The van der Waals surface area contributed by atoms with E-state index in [1.54, 1.807) is 25.2 Å². The van der Waals surface area contributed by atoms with Gasteiger partial charge in [-0.1, -0.05) is 12.1 Å². The highest BCUT2D eigenvalue weighted by molar-refractivity contribution is 8.00. The quantitative estimate of drug-likeness (QED) is 0.592. The van der Waals surface area contributed by atoms with Crippen LogP contribution in [0.5, 0.6) is 0 Å². The van der Waals surface area contributed by atoms with Crippen LogP contribution in [0.4, 0.5) is 4.39 Å². The number of esters is 1. The third-order valence-corrected chi connectivity index (χ3v) is 3.53. The zero-order valence-corrected chi connectivity index (χ0v) is 11.7. The smallest absolute Gasteiger partial charge is 0.307 e. The van der Waals surface area contributed by atoms with Crippen molar-refractivity contribution in [2.45, 2.75) is 11.3 Å². The standard InChI is InChI=1S/C13H16FNO3S/c1-15(8-7-13(17)18-2)12(16)9-19-11-6-4-3-5-10(11)14/h3-6H,7-9H2,1-2H3. The molecular weight excluding hydrogens is 269 g/mol. The molecule has 0 N–H and O–H groups in total. The van der Waals surface area contributed by atoms with Crippen molar-refractivity contribution in [1.82, 2.24) is 4.90 Å². The van der Waals surface area contributed by atoms with Crippen LogP contribution >= 0.6 is 11.8 Å². The summed E-state index contributed by atoms with van der Waals surface area (Å²) in [4.78, 5) is 24.6. The molecule has 19 heavy (non-hydrogen) atoms. The molecule has 1 rings (SSSR count). The molecule has 104 valence electrons. The molecule has 0 atom stereocenters. The summed E-state index contributed by atoms with van der Waals surface area (Å²) >= 11 is 1.14. The number of hydrogen-bond acceptors (Lipinski definition) is 4. The first-order chi connectivity index (χ1) is 9.04. The molecule has 4 nitrogen and oxygen atoms in total. The molecule has 0 unspecified atom stereocenters. The van der Waals surface area contributed by atoms with Crippen LogP contribution in [-0.2, 0) is 14.3 Å². The van der Waals surface area contributed by atoms with Crippen molar-refractivity contribution in [2.24, 2.45) is 0 Å². The first-order valence-corrected chi connectivity index (χ1v) is 6.71. The fraction of sp³-hybridized carbons (Fsp3) is 0.385. The Hall–Kier alpha value is -1.56. The fourth-order valence-corrected chi connectivity index (χ4v) is 2.18. The first kappa shape index (κ1) is 15.5. The van der Waals surface area contributed by atoms with Gasteiger partial charge in [0, 0.05) is 18.5 Å². The minimum absolute atomic E-state index is 0.138.